The molecule has 104 valence electrons. The van der Waals surface area contributed by atoms with E-state index < -0.39 is 28.1 Å². The van der Waals surface area contributed by atoms with Crippen molar-refractivity contribution in [1.29, 1.82) is 0 Å². The number of hydrogen-bond donors (Lipinski definition) is 0. The summed E-state index contributed by atoms with van der Waals surface area (Å²) >= 11 is 31.7. The van der Waals surface area contributed by atoms with Crippen LogP contribution < -0.4 is 0 Å². The predicted octanol–water partition coefficient (Wildman–Crippen LogP) is 7.00. The van der Waals surface area contributed by atoms with E-state index in [0.717, 1.165) is 21.7 Å². The average Bonchev–Trinajstić information content (AvgIpc) is 1.96. The molecule has 0 heterocycles. The molecule has 0 radical (unpaired) electrons. The third-order valence-corrected chi connectivity index (χ3v) is 18.5. The fourth-order valence-electron chi connectivity index (χ4n) is 1.22. The van der Waals surface area contributed by atoms with Gasteiger partial charge in [0.2, 0.25) is 0 Å². The predicted molar refractivity (Wildman–Crippen MR) is 92.5 cm³/mol. The third-order valence-electron chi connectivity index (χ3n) is 2.01. The van der Waals surface area contributed by atoms with E-state index in [2.05, 4.69) is 0 Å². The molecule has 0 aromatic carbocycles. The van der Waals surface area contributed by atoms with Crippen LogP contribution in [0.3, 0.4) is 0 Å². The fraction of sp³-hybridized carbons (Fsp3) is 1.00. The van der Waals surface area contributed by atoms with Gasteiger partial charge in [-0.25, -0.2) is 0 Å². The number of hydrogen-bond acceptors (Lipinski definition) is 0. The van der Waals surface area contributed by atoms with E-state index in [4.69, 9.17) is 84.3 Å². The van der Waals surface area contributed by atoms with Gasteiger partial charge in [0.15, 0.2) is 0 Å². The van der Waals surface area contributed by atoms with Crippen LogP contribution in [0, 0.1) is 0 Å². The van der Waals surface area contributed by atoms with E-state index in [1.54, 1.807) is 0 Å². The Morgan fingerprint density at radius 2 is 0.941 bits per heavy atom. The van der Waals surface area contributed by atoms with Crippen molar-refractivity contribution in [2.75, 3.05) is 0 Å². The van der Waals surface area contributed by atoms with Crippen LogP contribution in [0.1, 0.15) is 12.8 Å². The summed E-state index contributed by atoms with van der Waals surface area (Å²) in [6.07, 6.45) is 1.58. The molecule has 0 nitrogen and oxygen atoms in total. The second-order valence-corrected chi connectivity index (χ2v) is 41.1. The molecule has 0 aromatic rings. The van der Waals surface area contributed by atoms with Gasteiger partial charge in [-0.15, -0.1) is 0 Å². The zero-order chi connectivity index (χ0) is 13.7. The van der Waals surface area contributed by atoms with E-state index in [0.29, 0.717) is 12.1 Å². The van der Waals surface area contributed by atoms with Gasteiger partial charge in [-0.1, -0.05) is 0 Å². The van der Waals surface area contributed by atoms with E-state index in [-0.39, 0.29) is 0 Å². The van der Waals surface area contributed by atoms with Crippen molar-refractivity contribution in [3.63, 3.8) is 0 Å². The van der Waals surface area contributed by atoms with Crippen molar-refractivity contribution < 1.29 is 0 Å². The van der Waals surface area contributed by atoms with Crippen LogP contribution in [0.25, 0.3) is 0 Å². The first-order valence-electron chi connectivity index (χ1n) is 4.93. The second-order valence-electron chi connectivity index (χ2n) is 3.79. The molecule has 0 saturated carbocycles. The van der Waals surface area contributed by atoms with Gasteiger partial charge >= 0.3 is 146 Å². The van der Waals surface area contributed by atoms with Crippen LogP contribution >= 0.6 is 84.3 Å². The summed E-state index contributed by atoms with van der Waals surface area (Å²) in [4.78, 5) is 0. The van der Waals surface area contributed by atoms with Crippen molar-refractivity contribution in [2.45, 2.75) is 33.8 Å². The molecule has 0 rings (SSSR count). The average molecular weight is 543 g/mol. The van der Waals surface area contributed by atoms with Crippen molar-refractivity contribution in [2.24, 2.45) is 0 Å². The molecular weight excluding hydrogens is 531 g/mol. The molecule has 0 aliphatic rings. The molecule has 0 atom stereocenters. The summed E-state index contributed by atoms with van der Waals surface area (Å²) < 4.78 is 1.58. The number of rotatable bonds is 8. The molecule has 0 fully saturated rings. The summed E-state index contributed by atoms with van der Waals surface area (Å²) in [6.45, 7) is 0. The van der Waals surface area contributed by atoms with Gasteiger partial charge in [-0.3, -0.25) is 0 Å². The molecule has 0 spiro atoms. The maximum absolute atomic E-state index is 6.34. The van der Waals surface area contributed by atoms with Crippen molar-refractivity contribution in [1.82, 2.24) is 0 Å². The third kappa shape index (κ3) is 15.8. The van der Waals surface area contributed by atoms with Crippen LogP contribution in [-0.2, 0) is 0 Å². The van der Waals surface area contributed by atoms with E-state index in [1.165, 1.54) is 0 Å². The van der Waals surface area contributed by atoms with E-state index >= 15 is 0 Å². The van der Waals surface area contributed by atoms with Crippen molar-refractivity contribution in [3.8, 4) is 0 Å². The van der Waals surface area contributed by atoms with Crippen LogP contribution in [0.15, 0.2) is 0 Å². The first-order chi connectivity index (χ1) is 7.41. The molecule has 0 aliphatic heterocycles. The zero-order valence-electron chi connectivity index (χ0n) is 8.77. The fourth-order valence-corrected chi connectivity index (χ4v) is 15.1. The normalized spacial score (nSPS) is 14.1. The number of halogens is 8. The minimum absolute atomic E-state index is 0.606. The van der Waals surface area contributed by atoms with Gasteiger partial charge in [0.1, 0.15) is 0 Å². The minimum atomic E-state index is -3.00. The molecule has 11 heteroatoms. The van der Waals surface area contributed by atoms with Crippen LogP contribution in [-0.4, -0.2) is 28.1 Å². The monoisotopic (exact) mass is 540 g/mol. The zero-order valence-corrected chi connectivity index (χ0v) is 19.7. The Balaban J connectivity index is 3.81. The van der Waals surface area contributed by atoms with Gasteiger partial charge in [0.05, 0.1) is 0 Å². The Morgan fingerprint density at radius 1 is 0.647 bits per heavy atom. The van der Waals surface area contributed by atoms with Gasteiger partial charge in [-0.05, 0) is 0 Å². The topological polar surface area (TPSA) is 0 Å². The molecular formula is C6H12Cl8Si2Sn. The summed E-state index contributed by atoms with van der Waals surface area (Å²) in [6, 6.07) is -3.87. The quantitative estimate of drug-likeness (QED) is 0.229. The molecule has 0 bridgehead atoms. The second kappa shape index (κ2) is 8.87. The molecule has 0 unspecified atom stereocenters. The molecule has 0 aliphatic carbocycles. The van der Waals surface area contributed by atoms with Gasteiger partial charge in [0, 0.05) is 0 Å². The maximum atomic E-state index is 6.34. The SMILES string of the molecule is Cl[Si](Cl)(Cl)CC[CH2][Sn]([Cl])([Cl])[CH2]CC[Si](Cl)(Cl)Cl. The Labute approximate surface area is 144 Å². The van der Waals surface area contributed by atoms with Crippen LogP contribution in [0.2, 0.25) is 21.0 Å². The first-order valence-corrected chi connectivity index (χ1v) is 26.7. The van der Waals surface area contributed by atoms with E-state index in [1.807, 2.05) is 0 Å². The van der Waals surface area contributed by atoms with Crippen LogP contribution in [0.4, 0.5) is 0 Å². The van der Waals surface area contributed by atoms with Crippen molar-refractivity contribution in [3.05, 3.63) is 0 Å². The summed E-state index contributed by atoms with van der Waals surface area (Å²) in [5, 5.41) is 0. The Bertz CT molecular complexity index is 203. The molecule has 17 heavy (non-hydrogen) atoms. The summed E-state index contributed by atoms with van der Waals surface area (Å²) in [5.74, 6) is 0. The van der Waals surface area contributed by atoms with Gasteiger partial charge < -0.3 is 0 Å². The van der Waals surface area contributed by atoms with Gasteiger partial charge in [0.25, 0.3) is 0 Å². The summed E-state index contributed by atoms with van der Waals surface area (Å²) in [5.41, 5.74) is 0. The molecule has 0 aromatic heterocycles. The Kier molecular flexibility index (Phi) is 10.7. The van der Waals surface area contributed by atoms with Gasteiger partial charge in [-0.2, -0.15) is 0 Å². The van der Waals surface area contributed by atoms with Crippen molar-refractivity contribution >= 4 is 112 Å². The standard InChI is InChI=1S/2C3H6Cl3Si.2ClH.Sn/c2*1-2-3-7(4,5)6;;;/h2*1-3H2;2*1H;/q;;;;+2/p-2. The molecule has 0 N–H and O–H groups in total. The Hall–Kier alpha value is 3.55. The Morgan fingerprint density at radius 3 is 1.18 bits per heavy atom. The first kappa shape index (κ1) is 20.6. The molecule has 0 amide bonds. The molecule has 0 saturated heterocycles. The summed E-state index contributed by atoms with van der Waals surface area (Å²) in [7, 11) is 12.7. The van der Waals surface area contributed by atoms with Crippen LogP contribution in [0.5, 0.6) is 0 Å². The van der Waals surface area contributed by atoms with E-state index in [9.17, 15) is 0 Å².